The molecule has 6 heteroatoms. The Morgan fingerprint density at radius 3 is 2.03 bits per heavy atom. The molecule has 3 aromatic carbocycles. The highest BCUT2D eigenvalue weighted by molar-refractivity contribution is 7.11. The Morgan fingerprint density at radius 1 is 0.828 bits per heavy atom. The summed E-state index contributed by atoms with van der Waals surface area (Å²) in [7, 11) is 0. The molecule has 0 saturated heterocycles. The molecule has 1 aromatic heterocycles. The summed E-state index contributed by atoms with van der Waals surface area (Å²) in [6.07, 6.45) is 0. The molecule has 0 aliphatic heterocycles. The molecule has 0 saturated carbocycles. The highest BCUT2D eigenvalue weighted by Crippen LogP contribution is 2.13. The van der Waals surface area contributed by atoms with E-state index in [1.54, 1.807) is 53.2 Å². The van der Waals surface area contributed by atoms with Gasteiger partial charge in [-0.1, -0.05) is 77.6 Å². The fourth-order valence-corrected chi connectivity index (χ4v) is 3.61. The van der Waals surface area contributed by atoms with Crippen molar-refractivity contribution in [2.24, 2.45) is 4.99 Å². The van der Waals surface area contributed by atoms with Crippen molar-refractivity contribution >= 4 is 23.0 Å². The summed E-state index contributed by atoms with van der Waals surface area (Å²) < 4.78 is 1.54. The number of benzene rings is 3. The molecular weight excluding hydrogens is 382 g/mol. The first kappa shape index (κ1) is 18.7. The summed E-state index contributed by atoms with van der Waals surface area (Å²) in [6, 6.07) is 25.4. The molecule has 0 N–H and O–H groups in total. The summed E-state index contributed by atoms with van der Waals surface area (Å²) in [4.78, 5) is 30.1. The van der Waals surface area contributed by atoms with Gasteiger partial charge in [0.25, 0.3) is 5.91 Å². The van der Waals surface area contributed by atoms with Crippen molar-refractivity contribution < 1.29 is 9.59 Å². The van der Waals surface area contributed by atoms with Gasteiger partial charge in [-0.3, -0.25) is 9.59 Å². The summed E-state index contributed by atoms with van der Waals surface area (Å²) in [5, 5.41) is 4.75. The van der Waals surface area contributed by atoms with Gasteiger partial charge in [0.1, 0.15) is 0 Å². The Labute approximate surface area is 171 Å². The van der Waals surface area contributed by atoms with Gasteiger partial charge in [0.15, 0.2) is 5.01 Å². The van der Waals surface area contributed by atoms with E-state index in [-0.39, 0.29) is 16.7 Å². The minimum atomic E-state index is -0.381. The lowest BCUT2D eigenvalue weighted by Crippen LogP contribution is -2.16. The van der Waals surface area contributed by atoms with E-state index in [0.29, 0.717) is 15.9 Å². The van der Waals surface area contributed by atoms with Crippen LogP contribution in [0, 0.1) is 6.92 Å². The molecule has 1 amide bonds. The number of aromatic nitrogens is 2. The Morgan fingerprint density at radius 2 is 1.41 bits per heavy atom. The second-order valence-electron chi connectivity index (χ2n) is 6.42. The third-order valence-corrected chi connectivity index (χ3v) is 5.19. The molecule has 0 spiro atoms. The zero-order valence-corrected chi connectivity index (χ0v) is 16.5. The lowest BCUT2D eigenvalue weighted by molar-refractivity contribution is 0.0996. The molecule has 0 atom stereocenters. The van der Waals surface area contributed by atoms with Gasteiger partial charge >= 0.3 is 0 Å². The maximum Gasteiger partial charge on any atom is 0.279 e. The minimum absolute atomic E-state index is 0.204. The number of hydrogen-bond acceptors (Lipinski definition) is 4. The van der Waals surface area contributed by atoms with Crippen LogP contribution < -0.4 is 4.80 Å². The van der Waals surface area contributed by atoms with E-state index in [1.165, 1.54) is 0 Å². The van der Waals surface area contributed by atoms with Crippen molar-refractivity contribution in [3.63, 3.8) is 0 Å². The van der Waals surface area contributed by atoms with Crippen LogP contribution in [0.4, 0.5) is 0 Å². The van der Waals surface area contributed by atoms with Gasteiger partial charge in [0.05, 0.1) is 5.69 Å². The molecule has 0 bridgehead atoms. The van der Waals surface area contributed by atoms with E-state index in [0.717, 1.165) is 22.6 Å². The standard InChI is InChI=1S/C23H17N3O2S/c1-16-12-14-19(15-13-16)26-23(24-21(28)18-10-6-3-7-11-18)29-22(25-26)20(27)17-8-4-2-5-9-17/h2-15H,1H3. The number of nitrogens with zero attached hydrogens (tertiary/aromatic N) is 3. The van der Waals surface area contributed by atoms with Crippen LogP contribution in [0.2, 0.25) is 0 Å². The number of carbonyl (C=O) groups is 2. The van der Waals surface area contributed by atoms with E-state index in [1.807, 2.05) is 43.3 Å². The molecule has 142 valence electrons. The monoisotopic (exact) mass is 399 g/mol. The van der Waals surface area contributed by atoms with E-state index in [4.69, 9.17) is 0 Å². The van der Waals surface area contributed by atoms with Crippen LogP contribution in [0.25, 0.3) is 5.69 Å². The highest BCUT2D eigenvalue weighted by atomic mass is 32.1. The molecule has 0 radical (unpaired) electrons. The third kappa shape index (κ3) is 4.12. The Bertz CT molecular complexity index is 1220. The normalized spacial score (nSPS) is 11.4. The summed E-state index contributed by atoms with van der Waals surface area (Å²) in [6.45, 7) is 1.99. The van der Waals surface area contributed by atoms with Crippen molar-refractivity contribution in [3.8, 4) is 5.69 Å². The second kappa shape index (κ2) is 8.16. The fraction of sp³-hybridized carbons (Fsp3) is 0.0435. The summed E-state index contributed by atoms with van der Waals surface area (Å²) in [5.41, 5.74) is 2.85. The van der Waals surface area contributed by atoms with Crippen LogP contribution in [0.5, 0.6) is 0 Å². The summed E-state index contributed by atoms with van der Waals surface area (Å²) in [5.74, 6) is -0.584. The topological polar surface area (TPSA) is 64.3 Å². The number of aryl methyl sites for hydroxylation is 1. The second-order valence-corrected chi connectivity index (χ2v) is 7.37. The zero-order chi connectivity index (χ0) is 20.2. The highest BCUT2D eigenvalue weighted by Gasteiger charge is 2.17. The van der Waals surface area contributed by atoms with Crippen LogP contribution in [0.15, 0.2) is 89.9 Å². The number of hydrogen-bond donors (Lipinski definition) is 0. The molecule has 0 aliphatic carbocycles. The van der Waals surface area contributed by atoms with Crippen molar-refractivity contribution in [3.05, 3.63) is 111 Å². The molecule has 0 aliphatic rings. The molecule has 0 unspecified atom stereocenters. The SMILES string of the molecule is Cc1ccc(-n2nc(C(=O)c3ccccc3)sc2=NC(=O)c2ccccc2)cc1. The van der Waals surface area contributed by atoms with Crippen LogP contribution in [0.1, 0.15) is 31.3 Å². The summed E-state index contributed by atoms with van der Waals surface area (Å²) >= 11 is 1.10. The average molecular weight is 399 g/mol. The Kier molecular flexibility index (Phi) is 5.27. The molecule has 1 heterocycles. The maximum absolute atomic E-state index is 12.9. The van der Waals surface area contributed by atoms with Crippen molar-refractivity contribution in [2.75, 3.05) is 0 Å². The zero-order valence-electron chi connectivity index (χ0n) is 15.6. The quantitative estimate of drug-likeness (QED) is 0.483. The van der Waals surface area contributed by atoms with E-state index in [9.17, 15) is 9.59 Å². The molecule has 29 heavy (non-hydrogen) atoms. The van der Waals surface area contributed by atoms with Gasteiger partial charge < -0.3 is 0 Å². The first-order valence-corrected chi connectivity index (χ1v) is 9.84. The molecule has 5 nitrogen and oxygen atoms in total. The number of rotatable bonds is 4. The van der Waals surface area contributed by atoms with Crippen molar-refractivity contribution in [2.45, 2.75) is 6.92 Å². The maximum atomic E-state index is 12.9. The molecule has 4 rings (SSSR count). The van der Waals surface area contributed by atoms with Crippen LogP contribution >= 0.6 is 11.3 Å². The van der Waals surface area contributed by atoms with Crippen molar-refractivity contribution in [1.82, 2.24) is 9.78 Å². The van der Waals surface area contributed by atoms with Gasteiger partial charge in [-0.2, -0.15) is 10.1 Å². The number of carbonyl (C=O) groups excluding carboxylic acids is 2. The smallest absolute Gasteiger partial charge is 0.279 e. The van der Waals surface area contributed by atoms with Gasteiger partial charge in [0.2, 0.25) is 10.6 Å². The predicted octanol–water partition coefficient (Wildman–Crippen LogP) is 4.21. The first-order chi connectivity index (χ1) is 14.1. The largest absolute Gasteiger partial charge is 0.286 e. The predicted molar refractivity (Wildman–Crippen MR) is 112 cm³/mol. The van der Waals surface area contributed by atoms with Crippen LogP contribution in [-0.2, 0) is 0 Å². The van der Waals surface area contributed by atoms with E-state index < -0.39 is 0 Å². The lowest BCUT2D eigenvalue weighted by atomic mass is 10.1. The molecule has 4 aromatic rings. The van der Waals surface area contributed by atoms with Gasteiger partial charge in [0, 0.05) is 11.1 Å². The van der Waals surface area contributed by atoms with Crippen molar-refractivity contribution in [1.29, 1.82) is 0 Å². The number of ketones is 1. The van der Waals surface area contributed by atoms with Crippen LogP contribution in [0.3, 0.4) is 0 Å². The average Bonchev–Trinajstić information content (AvgIpc) is 3.18. The van der Waals surface area contributed by atoms with Gasteiger partial charge in [-0.05, 0) is 31.2 Å². The van der Waals surface area contributed by atoms with E-state index in [2.05, 4.69) is 10.1 Å². The molecular formula is C23H17N3O2S. The van der Waals surface area contributed by atoms with E-state index >= 15 is 0 Å². The van der Waals surface area contributed by atoms with Gasteiger partial charge in [-0.25, -0.2) is 4.68 Å². The first-order valence-electron chi connectivity index (χ1n) is 9.03. The van der Waals surface area contributed by atoms with Crippen LogP contribution in [-0.4, -0.2) is 21.5 Å². The number of amides is 1. The Hall–Kier alpha value is -3.64. The van der Waals surface area contributed by atoms with Gasteiger partial charge in [-0.15, -0.1) is 0 Å². The fourth-order valence-electron chi connectivity index (χ4n) is 2.74. The lowest BCUT2D eigenvalue weighted by Gasteiger charge is -2.02. The molecule has 0 fully saturated rings. The Balaban J connectivity index is 1.83. The third-order valence-electron chi connectivity index (χ3n) is 4.29. The minimum Gasteiger partial charge on any atom is -0.286 e.